The van der Waals surface area contributed by atoms with Gasteiger partial charge in [-0.2, -0.15) is 4.98 Å². The fraction of sp³-hybridized carbons (Fsp3) is 0.593. The Morgan fingerprint density at radius 3 is 2.79 bits per heavy atom. The fourth-order valence-corrected chi connectivity index (χ4v) is 6.14. The van der Waals surface area contributed by atoms with Crippen molar-refractivity contribution < 1.29 is 18.3 Å². The molecule has 1 aliphatic carbocycles. The predicted octanol–water partition coefficient (Wildman–Crippen LogP) is 4.92. The molecule has 4 aliphatic rings. The lowest BCUT2D eigenvalue weighted by Gasteiger charge is -2.38. The molecule has 2 saturated heterocycles. The van der Waals surface area contributed by atoms with E-state index in [0.29, 0.717) is 45.7 Å². The fourth-order valence-electron chi connectivity index (χ4n) is 6.00. The number of nitrogens with zero attached hydrogens (tertiary/aromatic N) is 4. The summed E-state index contributed by atoms with van der Waals surface area (Å²) in [5.74, 6) is -1.89. The molecule has 3 fully saturated rings. The molecule has 0 spiro atoms. The van der Waals surface area contributed by atoms with Crippen LogP contribution in [0.5, 0.6) is 0 Å². The van der Waals surface area contributed by atoms with E-state index in [9.17, 15) is 13.6 Å². The number of fused-ring (bicyclic) bond motifs is 3. The maximum Gasteiger partial charge on any atom is 0.286 e. The minimum Gasteiger partial charge on any atom is -0.360 e. The molecule has 5 atom stereocenters. The number of rotatable bonds is 4. The predicted molar refractivity (Wildman–Crippen MR) is 142 cm³/mol. The molecular weight excluding hydrogens is 514 g/mol. The number of anilines is 4. The lowest BCUT2D eigenvalue weighted by atomic mass is 9.92. The van der Waals surface area contributed by atoms with Crippen molar-refractivity contribution >= 4 is 40.6 Å². The number of halogens is 3. The molecule has 204 valence electrons. The highest BCUT2D eigenvalue weighted by Crippen LogP contribution is 2.46. The van der Waals surface area contributed by atoms with E-state index in [2.05, 4.69) is 34.4 Å². The molecule has 2 N–H and O–H groups in total. The third-order valence-electron chi connectivity index (χ3n) is 8.59. The van der Waals surface area contributed by atoms with E-state index in [1.165, 1.54) is 11.3 Å². The number of amides is 1. The number of likely N-dealkylation sites (N-methyl/N-ethyl adjacent to an activating group) is 1. The van der Waals surface area contributed by atoms with Crippen molar-refractivity contribution in [3.05, 3.63) is 35.0 Å². The molecule has 3 aliphatic heterocycles. The molecule has 11 heteroatoms. The zero-order chi connectivity index (χ0) is 26.8. The molecule has 38 heavy (non-hydrogen) atoms. The van der Waals surface area contributed by atoms with Crippen LogP contribution in [0.3, 0.4) is 0 Å². The second kappa shape index (κ2) is 9.57. The standard InChI is InChI=1S/C27H33ClF2N6O2/c1-14-5-4-10-36(15(14)2)26-31-12-19(28)24(34-26)32-17-8-9-20-18(11-17)21-22(25(37)35(20)3)38-13-27(29,30)23(33-21)16-6-7-16/h8-9,11-12,14-16,21-23,33H,4-7,10,13H2,1-3H3,(H,31,32,34)/t14?,15?,21?,22?,23-/m0/s1. The van der Waals surface area contributed by atoms with Gasteiger partial charge < -0.3 is 19.9 Å². The van der Waals surface area contributed by atoms with Gasteiger partial charge in [-0.25, -0.2) is 13.8 Å². The average molecular weight is 547 g/mol. The Morgan fingerprint density at radius 2 is 2.03 bits per heavy atom. The lowest BCUT2D eigenvalue weighted by Crippen LogP contribution is -2.52. The first kappa shape index (κ1) is 25.7. The van der Waals surface area contributed by atoms with Crippen molar-refractivity contribution in [1.29, 1.82) is 0 Å². The van der Waals surface area contributed by atoms with Crippen molar-refractivity contribution in [2.24, 2.45) is 11.8 Å². The van der Waals surface area contributed by atoms with E-state index >= 15 is 0 Å². The van der Waals surface area contributed by atoms with E-state index in [1.54, 1.807) is 13.2 Å². The van der Waals surface area contributed by atoms with Crippen LogP contribution in [-0.4, -0.2) is 60.2 Å². The molecule has 1 saturated carbocycles. The van der Waals surface area contributed by atoms with Crippen LogP contribution in [0, 0.1) is 11.8 Å². The Balaban J connectivity index is 1.32. The Bertz CT molecular complexity index is 1240. The molecule has 4 heterocycles. The monoisotopic (exact) mass is 546 g/mol. The zero-order valence-corrected chi connectivity index (χ0v) is 22.5. The first-order valence-electron chi connectivity index (χ1n) is 13.4. The molecule has 2 aromatic rings. The maximum atomic E-state index is 15.0. The van der Waals surface area contributed by atoms with Crippen molar-refractivity contribution in [2.75, 3.05) is 35.3 Å². The summed E-state index contributed by atoms with van der Waals surface area (Å²) in [6.45, 7) is 4.53. The molecule has 6 rings (SSSR count). The highest BCUT2D eigenvalue weighted by atomic mass is 35.5. The molecule has 8 nitrogen and oxygen atoms in total. The Morgan fingerprint density at radius 1 is 1.24 bits per heavy atom. The normalized spacial score (nSPS) is 30.9. The molecule has 0 bridgehead atoms. The van der Waals surface area contributed by atoms with E-state index in [4.69, 9.17) is 21.3 Å². The van der Waals surface area contributed by atoms with Crippen molar-refractivity contribution in [3.63, 3.8) is 0 Å². The molecular formula is C27H33ClF2N6O2. The highest BCUT2D eigenvalue weighted by Gasteiger charge is 2.55. The van der Waals surface area contributed by atoms with Crippen LogP contribution in [0.15, 0.2) is 24.4 Å². The molecule has 1 amide bonds. The van der Waals surface area contributed by atoms with E-state index in [-0.39, 0.29) is 11.8 Å². The van der Waals surface area contributed by atoms with E-state index in [0.717, 1.165) is 25.8 Å². The van der Waals surface area contributed by atoms with Gasteiger partial charge in [0.25, 0.3) is 11.8 Å². The topological polar surface area (TPSA) is 82.6 Å². The molecule has 0 radical (unpaired) electrons. The summed E-state index contributed by atoms with van der Waals surface area (Å²) in [5, 5.41) is 6.80. The van der Waals surface area contributed by atoms with E-state index in [1.807, 2.05) is 18.2 Å². The summed E-state index contributed by atoms with van der Waals surface area (Å²) >= 11 is 6.49. The van der Waals surface area contributed by atoms with Crippen LogP contribution in [0.2, 0.25) is 5.02 Å². The van der Waals surface area contributed by atoms with Crippen LogP contribution in [0.25, 0.3) is 0 Å². The number of benzene rings is 1. The minimum absolute atomic E-state index is 0.120. The number of hydrogen-bond donors (Lipinski definition) is 2. The third kappa shape index (κ3) is 4.50. The van der Waals surface area contributed by atoms with Crippen molar-refractivity contribution in [3.8, 4) is 0 Å². The number of piperidine rings is 1. The second-order valence-electron chi connectivity index (χ2n) is 11.2. The molecule has 1 aromatic carbocycles. The first-order chi connectivity index (χ1) is 18.1. The summed E-state index contributed by atoms with van der Waals surface area (Å²) in [5.41, 5.74) is 2.05. The molecule has 4 unspecified atom stereocenters. The van der Waals surface area contributed by atoms with Gasteiger partial charge in [0.1, 0.15) is 11.6 Å². The lowest BCUT2D eigenvalue weighted by molar-refractivity contribution is -0.139. The summed E-state index contributed by atoms with van der Waals surface area (Å²) < 4.78 is 35.5. The van der Waals surface area contributed by atoms with Crippen LogP contribution >= 0.6 is 11.6 Å². The van der Waals surface area contributed by atoms with Crippen molar-refractivity contribution in [1.82, 2.24) is 15.3 Å². The van der Waals surface area contributed by atoms with Gasteiger partial charge in [0, 0.05) is 31.0 Å². The van der Waals surface area contributed by atoms with Gasteiger partial charge in [0.15, 0.2) is 11.9 Å². The molecule has 1 aromatic heterocycles. The van der Waals surface area contributed by atoms with E-state index < -0.39 is 30.7 Å². The maximum absolute atomic E-state index is 15.0. The summed E-state index contributed by atoms with van der Waals surface area (Å²) in [6.07, 6.45) is 4.31. The summed E-state index contributed by atoms with van der Waals surface area (Å²) in [7, 11) is 1.64. The van der Waals surface area contributed by atoms with Gasteiger partial charge in [-0.3, -0.25) is 10.1 Å². The number of nitrogens with one attached hydrogen (secondary N) is 2. The number of aromatic nitrogens is 2. The van der Waals surface area contributed by atoms with Gasteiger partial charge in [-0.1, -0.05) is 18.5 Å². The van der Waals surface area contributed by atoms with Crippen LogP contribution < -0.4 is 20.4 Å². The zero-order valence-electron chi connectivity index (χ0n) is 21.8. The minimum atomic E-state index is -3.05. The average Bonchev–Trinajstić information content (AvgIpc) is 3.73. The number of carbonyl (C=O) groups excluding carboxylic acids is 1. The smallest absolute Gasteiger partial charge is 0.286 e. The van der Waals surface area contributed by atoms with Crippen LogP contribution in [0.1, 0.15) is 51.1 Å². The number of alkyl halides is 2. The van der Waals surface area contributed by atoms with Gasteiger partial charge >= 0.3 is 0 Å². The SMILES string of the molecule is CC1CCCN(c2ncc(Cl)c(Nc3ccc4c(c3)C3N[C@@H](C5CC5)C(F)(F)COC3C(=O)N4C)n2)C1C. The number of carbonyl (C=O) groups is 1. The number of ether oxygens (including phenoxy) is 1. The third-order valence-corrected chi connectivity index (χ3v) is 8.86. The Kier molecular flexibility index (Phi) is 6.47. The van der Waals surface area contributed by atoms with Gasteiger partial charge in [-0.15, -0.1) is 0 Å². The Labute approximate surface area is 226 Å². The first-order valence-corrected chi connectivity index (χ1v) is 13.7. The summed E-state index contributed by atoms with van der Waals surface area (Å²) in [4.78, 5) is 26.0. The quantitative estimate of drug-likeness (QED) is 0.563. The van der Waals surface area contributed by atoms with Crippen molar-refractivity contribution in [2.45, 2.75) is 69.7 Å². The van der Waals surface area contributed by atoms with Gasteiger partial charge in [0.05, 0.1) is 18.3 Å². The van der Waals surface area contributed by atoms with Crippen LogP contribution in [-0.2, 0) is 9.53 Å². The largest absolute Gasteiger partial charge is 0.360 e. The Hall–Kier alpha value is -2.56. The summed E-state index contributed by atoms with van der Waals surface area (Å²) in [6, 6.07) is 4.09. The van der Waals surface area contributed by atoms with Crippen LogP contribution in [0.4, 0.5) is 31.9 Å². The highest BCUT2D eigenvalue weighted by molar-refractivity contribution is 6.32. The van der Waals surface area contributed by atoms with Gasteiger partial charge in [0.2, 0.25) is 5.95 Å². The van der Waals surface area contributed by atoms with Gasteiger partial charge in [-0.05, 0) is 68.2 Å². The number of hydrogen-bond acceptors (Lipinski definition) is 7. The second-order valence-corrected chi connectivity index (χ2v) is 11.6.